The number of hydrogen-bond acceptors (Lipinski definition) is 7. The SMILES string of the molecule is CN(C)C(=O)c1cc(-c2ccccc2)cc(S(=O)(=O)c2csc(CNC(=O)OC(C)(C)C)n2)c1. The van der Waals surface area contributed by atoms with Gasteiger partial charge in [0.25, 0.3) is 5.91 Å². The monoisotopic (exact) mass is 501 g/mol. The minimum Gasteiger partial charge on any atom is -0.444 e. The molecule has 1 heterocycles. The fourth-order valence-electron chi connectivity index (χ4n) is 3.01. The number of carbonyl (C=O) groups is 2. The van der Waals surface area contributed by atoms with Crippen molar-refractivity contribution in [3.63, 3.8) is 0 Å². The Kier molecular flexibility index (Phi) is 7.42. The molecule has 0 aliphatic heterocycles. The number of carbonyl (C=O) groups excluding carboxylic acids is 2. The molecule has 0 aliphatic rings. The Morgan fingerprint density at radius 2 is 1.74 bits per heavy atom. The number of ether oxygens (including phenoxy) is 1. The molecule has 1 aromatic heterocycles. The number of nitrogens with one attached hydrogen (secondary N) is 1. The number of rotatable bonds is 6. The number of benzene rings is 2. The highest BCUT2D eigenvalue weighted by atomic mass is 32.2. The van der Waals surface area contributed by atoms with Crippen LogP contribution in [-0.4, -0.2) is 50.0 Å². The zero-order valence-electron chi connectivity index (χ0n) is 19.7. The van der Waals surface area contributed by atoms with Gasteiger partial charge in [0.05, 0.1) is 11.4 Å². The summed E-state index contributed by atoms with van der Waals surface area (Å²) in [4.78, 5) is 30.1. The van der Waals surface area contributed by atoms with E-state index >= 15 is 0 Å². The lowest BCUT2D eigenvalue weighted by Gasteiger charge is -2.19. The molecule has 1 N–H and O–H groups in total. The highest BCUT2D eigenvalue weighted by Gasteiger charge is 2.25. The van der Waals surface area contributed by atoms with Gasteiger partial charge in [0.15, 0.2) is 5.03 Å². The van der Waals surface area contributed by atoms with Crippen molar-refractivity contribution in [3.05, 3.63) is 64.5 Å². The Labute approximate surface area is 203 Å². The van der Waals surface area contributed by atoms with Crippen LogP contribution in [0.2, 0.25) is 0 Å². The highest BCUT2D eigenvalue weighted by Crippen LogP contribution is 2.29. The molecule has 2 aromatic carbocycles. The molecular weight excluding hydrogens is 474 g/mol. The zero-order valence-corrected chi connectivity index (χ0v) is 21.3. The van der Waals surface area contributed by atoms with E-state index in [9.17, 15) is 18.0 Å². The molecule has 0 saturated carbocycles. The van der Waals surface area contributed by atoms with Crippen molar-refractivity contribution in [1.82, 2.24) is 15.2 Å². The lowest BCUT2D eigenvalue weighted by molar-refractivity contribution is 0.0523. The topological polar surface area (TPSA) is 106 Å². The van der Waals surface area contributed by atoms with Crippen LogP contribution in [0.15, 0.2) is 63.8 Å². The molecule has 0 unspecified atom stereocenters. The molecule has 3 rings (SSSR count). The molecule has 180 valence electrons. The van der Waals surface area contributed by atoms with Crippen LogP contribution in [0.4, 0.5) is 4.79 Å². The van der Waals surface area contributed by atoms with Gasteiger partial charge in [-0.1, -0.05) is 30.3 Å². The largest absolute Gasteiger partial charge is 0.444 e. The van der Waals surface area contributed by atoms with Gasteiger partial charge in [-0.2, -0.15) is 0 Å². The maximum absolute atomic E-state index is 13.4. The summed E-state index contributed by atoms with van der Waals surface area (Å²) in [5, 5.41) is 4.25. The zero-order chi connectivity index (χ0) is 25.1. The standard InChI is InChI=1S/C24H27N3O5S2/c1-24(2,3)32-23(29)25-14-20-26-21(15-33-20)34(30,31)19-12-17(16-9-7-6-8-10-16)11-18(13-19)22(28)27(4)5/h6-13,15H,14H2,1-5H3,(H,25,29). The Morgan fingerprint density at radius 3 is 2.35 bits per heavy atom. The predicted molar refractivity (Wildman–Crippen MR) is 131 cm³/mol. The first-order valence-corrected chi connectivity index (χ1v) is 12.8. The smallest absolute Gasteiger partial charge is 0.408 e. The van der Waals surface area contributed by atoms with Gasteiger partial charge >= 0.3 is 6.09 Å². The van der Waals surface area contributed by atoms with E-state index in [1.165, 1.54) is 22.4 Å². The van der Waals surface area contributed by atoms with Crippen LogP contribution in [0, 0.1) is 0 Å². The molecule has 0 fully saturated rings. The number of alkyl carbamates (subject to hydrolysis) is 1. The van der Waals surface area contributed by atoms with Crippen molar-refractivity contribution in [2.45, 2.75) is 42.8 Å². The van der Waals surface area contributed by atoms with Gasteiger partial charge in [-0.25, -0.2) is 18.2 Å². The summed E-state index contributed by atoms with van der Waals surface area (Å²) < 4.78 is 32.0. The lowest BCUT2D eigenvalue weighted by Crippen LogP contribution is -2.32. The summed E-state index contributed by atoms with van der Waals surface area (Å²) in [6, 6.07) is 13.8. The van der Waals surface area contributed by atoms with Crippen LogP contribution >= 0.6 is 11.3 Å². The molecule has 8 nitrogen and oxygen atoms in total. The van der Waals surface area contributed by atoms with E-state index in [0.29, 0.717) is 10.6 Å². The van der Waals surface area contributed by atoms with Gasteiger partial charge in [0.2, 0.25) is 9.84 Å². The molecule has 0 radical (unpaired) electrons. The van der Waals surface area contributed by atoms with Crippen molar-refractivity contribution in [3.8, 4) is 11.1 Å². The summed E-state index contributed by atoms with van der Waals surface area (Å²) in [5.41, 5.74) is 1.00. The molecule has 34 heavy (non-hydrogen) atoms. The van der Waals surface area contributed by atoms with E-state index in [1.54, 1.807) is 40.9 Å². The lowest BCUT2D eigenvalue weighted by atomic mass is 10.0. The van der Waals surface area contributed by atoms with Crippen LogP contribution in [0.3, 0.4) is 0 Å². The quantitative estimate of drug-likeness (QED) is 0.538. The molecule has 10 heteroatoms. The van der Waals surface area contributed by atoms with Gasteiger partial charge < -0.3 is 15.0 Å². The fraction of sp³-hybridized carbons (Fsp3) is 0.292. The number of sulfone groups is 1. The Morgan fingerprint density at radius 1 is 1.06 bits per heavy atom. The summed E-state index contributed by atoms with van der Waals surface area (Å²) in [6.07, 6.45) is -0.616. The summed E-state index contributed by atoms with van der Waals surface area (Å²) >= 11 is 1.11. The maximum atomic E-state index is 13.4. The number of nitrogens with zero attached hydrogens (tertiary/aromatic N) is 2. The third-order valence-electron chi connectivity index (χ3n) is 4.57. The molecule has 2 amide bonds. The van der Waals surface area contributed by atoms with Crippen molar-refractivity contribution in [2.75, 3.05) is 14.1 Å². The van der Waals surface area contributed by atoms with Crippen molar-refractivity contribution >= 4 is 33.2 Å². The van der Waals surface area contributed by atoms with Gasteiger partial charge in [0.1, 0.15) is 10.6 Å². The third kappa shape index (κ3) is 6.21. The minimum absolute atomic E-state index is 0.0313. The number of thiazole rings is 1. The maximum Gasteiger partial charge on any atom is 0.408 e. The van der Waals surface area contributed by atoms with Crippen molar-refractivity contribution < 1.29 is 22.7 Å². The average molecular weight is 502 g/mol. The van der Waals surface area contributed by atoms with Gasteiger partial charge in [-0.05, 0) is 50.1 Å². The fourth-order valence-corrected chi connectivity index (χ4v) is 5.36. The van der Waals surface area contributed by atoms with Crippen LogP contribution in [0.1, 0.15) is 36.1 Å². The number of aromatic nitrogens is 1. The van der Waals surface area contributed by atoms with Gasteiger partial charge in [0, 0.05) is 25.0 Å². The van der Waals surface area contributed by atoms with Crippen LogP contribution < -0.4 is 5.32 Å². The molecule has 0 saturated heterocycles. The van der Waals surface area contributed by atoms with E-state index in [1.807, 2.05) is 30.3 Å². The van der Waals surface area contributed by atoms with Crippen LogP contribution in [0.5, 0.6) is 0 Å². The van der Waals surface area contributed by atoms with Crippen molar-refractivity contribution in [2.24, 2.45) is 0 Å². The molecule has 0 aliphatic carbocycles. The highest BCUT2D eigenvalue weighted by molar-refractivity contribution is 7.91. The molecule has 0 atom stereocenters. The second-order valence-corrected chi connectivity index (χ2v) is 11.6. The molecular formula is C24H27N3O5S2. The second-order valence-electron chi connectivity index (χ2n) is 8.75. The third-order valence-corrected chi connectivity index (χ3v) is 7.18. The molecule has 3 aromatic rings. The average Bonchev–Trinajstić information content (AvgIpc) is 3.26. The molecule has 0 bridgehead atoms. The van der Waals surface area contributed by atoms with Crippen LogP contribution in [-0.2, 0) is 21.1 Å². The van der Waals surface area contributed by atoms with E-state index in [0.717, 1.165) is 16.9 Å². The number of hydrogen-bond donors (Lipinski definition) is 1. The van der Waals surface area contributed by atoms with Gasteiger partial charge in [-0.3, -0.25) is 4.79 Å². The van der Waals surface area contributed by atoms with E-state index in [-0.39, 0.29) is 27.9 Å². The van der Waals surface area contributed by atoms with Gasteiger partial charge in [-0.15, -0.1) is 11.3 Å². The summed E-state index contributed by atoms with van der Waals surface area (Å²) in [5.74, 6) is -0.310. The Bertz CT molecular complexity index is 1290. The molecule has 0 spiro atoms. The van der Waals surface area contributed by atoms with Crippen molar-refractivity contribution in [1.29, 1.82) is 0 Å². The summed E-state index contributed by atoms with van der Waals surface area (Å²) in [6.45, 7) is 5.28. The first kappa shape index (κ1) is 25.4. The normalized spacial score (nSPS) is 11.7. The Hall–Kier alpha value is -3.24. The second kappa shape index (κ2) is 9.94. The Balaban J connectivity index is 1.93. The van der Waals surface area contributed by atoms with Crippen LogP contribution in [0.25, 0.3) is 11.1 Å². The minimum atomic E-state index is -4.01. The van der Waals surface area contributed by atoms with E-state index in [2.05, 4.69) is 10.3 Å². The van der Waals surface area contributed by atoms with E-state index in [4.69, 9.17) is 4.74 Å². The summed E-state index contributed by atoms with van der Waals surface area (Å²) in [7, 11) is -0.799. The van der Waals surface area contributed by atoms with E-state index < -0.39 is 21.5 Å². The predicted octanol–water partition coefficient (Wildman–Crippen LogP) is 4.37. The number of amides is 2. The first-order valence-electron chi connectivity index (χ1n) is 10.5. The first-order chi connectivity index (χ1) is 15.9.